The van der Waals surface area contributed by atoms with E-state index in [4.69, 9.17) is 4.74 Å². The molecule has 8 heteroatoms. The van der Waals surface area contributed by atoms with Gasteiger partial charge in [0.05, 0.1) is 30.1 Å². The highest BCUT2D eigenvalue weighted by atomic mass is 16.5. The van der Waals surface area contributed by atoms with Crippen LogP contribution in [0.15, 0.2) is 54.6 Å². The molecule has 2 unspecified atom stereocenters. The number of fused-ring (bicyclic) bond motifs is 2. The molecule has 5 rings (SSSR count). The largest absolute Gasteiger partial charge is 0.394 e. The second-order valence-electron chi connectivity index (χ2n) is 11.4. The van der Waals surface area contributed by atoms with Crippen LogP contribution in [0, 0.1) is 11.8 Å². The molecule has 4 aliphatic heterocycles. The molecule has 0 bridgehead atoms. The van der Waals surface area contributed by atoms with E-state index in [0.717, 1.165) is 18.4 Å². The van der Waals surface area contributed by atoms with Crippen LogP contribution in [0.4, 0.5) is 0 Å². The summed E-state index contributed by atoms with van der Waals surface area (Å²) < 4.78 is 6.84. The summed E-state index contributed by atoms with van der Waals surface area (Å²) in [6.07, 6.45) is 9.72. The van der Waals surface area contributed by atoms with Gasteiger partial charge < -0.3 is 24.5 Å². The first kappa shape index (κ1) is 26.6. The fourth-order valence-corrected chi connectivity index (χ4v) is 7.10. The molecule has 1 aromatic carbocycles. The van der Waals surface area contributed by atoms with Crippen LogP contribution in [0.2, 0.25) is 0 Å². The fourth-order valence-electron chi connectivity index (χ4n) is 7.10. The average Bonchev–Trinajstić information content (AvgIpc) is 3.18. The van der Waals surface area contributed by atoms with Crippen molar-refractivity contribution >= 4 is 17.7 Å². The van der Waals surface area contributed by atoms with Gasteiger partial charge in [-0.1, -0.05) is 68.0 Å². The molecule has 0 saturated carbocycles. The van der Waals surface area contributed by atoms with Crippen molar-refractivity contribution < 1.29 is 24.2 Å². The Morgan fingerprint density at radius 1 is 1.03 bits per heavy atom. The van der Waals surface area contributed by atoms with Gasteiger partial charge in [0.15, 0.2) is 0 Å². The molecular formula is C30H39N3O5. The molecule has 3 amide bonds. The molecule has 7 atom stereocenters. The monoisotopic (exact) mass is 521 g/mol. The number of nitrogens with zero attached hydrogens (tertiary/aromatic N) is 3. The van der Waals surface area contributed by atoms with Crippen molar-refractivity contribution in [3.05, 3.63) is 60.2 Å². The molecule has 1 aromatic rings. The number of aliphatic hydroxyl groups excluding tert-OH is 1. The van der Waals surface area contributed by atoms with Gasteiger partial charge in [0.2, 0.25) is 17.7 Å². The van der Waals surface area contributed by atoms with Gasteiger partial charge in [-0.15, -0.1) is 0 Å². The zero-order valence-electron chi connectivity index (χ0n) is 22.7. The van der Waals surface area contributed by atoms with Crippen molar-refractivity contribution in [2.75, 3.05) is 26.7 Å². The summed E-state index contributed by atoms with van der Waals surface area (Å²) in [5.74, 6) is -2.32. The number of hydrogen-bond donors (Lipinski definition) is 1. The minimum Gasteiger partial charge on any atom is -0.394 e. The van der Waals surface area contributed by atoms with Crippen LogP contribution in [-0.2, 0) is 25.5 Å². The number of benzene rings is 1. The second kappa shape index (κ2) is 9.97. The normalized spacial score (nSPS) is 34.1. The molecule has 4 heterocycles. The van der Waals surface area contributed by atoms with E-state index in [2.05, 4.69) is 6.92 Å². The summed E-state index contributed by atoms with van der Waals surface area (Å²) >= 11 is 0. The number of rotatable bonds is 7. The quantitative estimate of drug-likeness (QED) is 0.556. The van der Waals surface area contributed by atoms with Gasteiger partial charge in [0.25, 0.3) is 0 Å². The number of aliphatic hydroxyl groups is 1. The predicted molar refractivity (Wildman–Crippen MR) is 143 cm³/mol. The second-order valence-corrected chi connectivity index (χ2v) is 11.4. The smallest absolute Gasteiger partial charge is 0.249 e. The lowest BCUT2D eigenvalue weighted by Gasteiger charge is -2.41. The molecule has 0 radical (unpaired) electrons. The van der Waals surface area contributed by atoms with E-state index in [1.54, 1.807) is 16.8 Å². The SMILES string of the molecule is CCCC(C)N1CC=C[C@]23O[C@]4(C)C=CCN(C)C(=O)[C@@H]4[C@H]2C(=O)N([C@@H](CO)Cc2ccccc2)C3C1=O. The molecular weight excluding hydrogens is 482 g/mol. The summed E-state index contributed by atoms with van der Waals surface area (Å²) in [5, 5.41) is 10.6. The Morgan fingerprint density at radius 3 is 2.42 bits per heavy atom. The van der Waals surface area contributed by atoms with Gasteiger partial charge in [-0.05, 0) is 32.3 Å². The summed E-state index contributed by atoms with van der Waals surface area (Å²) in [5.41, 5.74) is -1.39. The van der Waals surface area contributed by atoms with Crippen LogP contribution in [-0.4, -0.2) is 93.6 Å². The summed E-state index contributed by atoms with van der Waals surface area (Å²) in [7, 11) is 1.73. The first-order valence-corrected chi connectivity index (χ1v) is 13.8. The first-order valence-electron chi connectivity index (χ1n) is 13.8. The van der Waals surface area contributed by atoms with Gasteiger partial charge >= 0.3 is 0 Å². The third-order valence-electron chi connectivity index (χ3n) is 8.88. The molecule has 1 N–H and O–H groups in total. The minimum absolute atomic E-state index is 0.0277. The zero-order valence-corrected chi connectivity index (χ0v) is 22.7. The van der Waals surface area contributed by atoms with Crippen molar-refractivity contribution in [1.29, 1.82) is 0 Å². The van der Waals surface area contributed by atoms with Crippen LogP contribution < -0.4 is 0 Å². The van der Waals surface area contributed by atoms with E-state index in [1.165, 1.54) is 0 Å². The number of amides is 3. The highest BCUT2D eigenvalue weighted by Crippen LogP contribution is 2.58. The highest BCUT2D eigenvalue weighted by Gasteiger charge is 2.75. The molecule has 1 spiro atoms. The van der Waals surface area contributed by atoms with Crippen LogP contribution >= 0.6 is 0 Å². The average molecular weight is 522 g/mol. The van der Waals surface area contributed by atoms with E-state index in [9.17, 15) is 19.5 Å². The van der Waals surface area contributed by atoms with Crippen LogP contribution in [0.5, 0.6) is 0 Å². The maximum Gasteiger partial charge on any atom is 0.249 e. The molecule has 0 aromatic heterocycles. The topological polar surface area (TPSA) is 90.4 Å². The van der Waals surface area contributed by atoms with Crippen LogP contribution in [0.1, 0.15) is 39.2 Å². The van der Waals surface area contributed by atoms with Crippen molar-refractivity contribution in [3.63, 3.8) is 0 Å². The zero-order chi connectivity index (χ0) is 27.2. The van der Waals surface area contributed by atoms with Gasteiger partial charge in [-0.2, -0.15) is 0 Å². The summed E-state index contributed by atoms with van der Waals surface area (Å²) in [6.45, 7) is 6.49. The Morgan fingerprint density at radius 2 is 1.74 bits per heavy atom. The molecule has 8 nitrogen and oxygen atoms in total. The van der Waals surface area contributed by atoms with E-state index in [0.29, 0.717) is 19.5 Å². The fraction of sp³-hybridized carbons (Fsp3) is 0.567. The Balaban J connectivity index is 1.65. The number of hydrogen-bond acceptors (Lipinski definition) is 5. The Labute approximate surface area is 224 Å². The lowest BCUT2D eigenvalue weighted by Crippen LogP contribution is -2.60. The molecule has 0 aliphatic carbocycles. The van der Waals surface area contributed by atoms with E-state index >= 15 is 0 Å². The molecule has 4 aliphatic rings. The van der Waals surface area contributed by atoms with Gasteiger partial charge in [-0.25, -0.2) is 0 Å². The Kier molecular flexibility index (Phi) is 6.99. The standard InChI is InChI=1S/C30H39N3O5/c1-5-11-20(2)32-17-10-15-30-24(23-26(35)31(4)16-9-14-29(23,3)38-30)27(36)33(25(30)28(32)37)22(19-34)18-21-12-7-6-8-13-21/h6-10,12-15,20,22-25,34H,5,11,16-19H2,1-4H3/t20?,22-,23+,24+,25?,29-,30+/m1/s1. The maximum atomic E-state index is 14.5. The lowest BCUT2D eigenvalue weighted by molar-refractivity contribution is -0.156. The molecule has 2 saturated heterocycles. The number of likely N-dealkylation sites (N-methyl/N-ethyl adjacent to an activating group) is 1. The Bertz CT molecular complexity index is 1150. The summed E-state index contributed by atoms with van der Waals surface area (Å²) in [4.78, 5) is 47.7. The van der Waals surface area contributed by atoms with Crippen LogP contribution in [0.3, 0.4) is 0 Å². The third-order valence-corrected chi connectivity index (χ3v) is 8.88. The molecule has 38 heavy (non-hydrogen) atoms. The third kappa shape index (κ3) is 4.00. The summed E-state index contributed by atoms with van der Waals surface area (Å²) in [6, 6.07) is 8.01. The van der Waals surface area contributed by atoms with Crippen LogP contribution in [0.25, 0.3) is 0 Å². The van der Waals surface area contributed by atoms with E-state index in [-0.39, 0.29) is 30.4 Å². The van der Waals surface area contributed by atoms with Gasteiger partial charge in [-0.3, -0.25) is 14.4 Å². The highest BCUT2D eigenvalue weighted by molar-refractivity contribution is 6.00. The molecule has 2 fully saturated rings. The molecule has 204 valence electrons. The van der Waals surface area contributed by atoms with Crippen molar-refractivity contribution in [2.24, 2.45) is 11.8 Å². The van der Waals surface area contributed by atoms with Crippen molar-refractivity contribution in [2.45, 2.75) is 69.4 Å². The number of likely N-dealkylation sites (tertiary alicyclic amines) is 1. The first-order chi connectivity index (χ1) is 18.2. The van der Waals surface area contributed by atoms with Gasteiger partial charge in [0.1, 0.15) is 11.6 Å². The van der Waals surface area contributed by atoms with Gasteiger partial charge in [0, 0.05) is 26.2 Å². The lowest BCUT2D eigenvalue weighted by atomic mass is 9.74. The number of carbonyl (C=O) groups excluding carboxylic acids is 3. The van der Waals surface area contributed by atoms with E-state index < -0.39 is 35.1 Å². The number of carbonyl (C=O) groups is 3. The number of ether oxygens (including phenoxy) is 1. The van der Waals surface area contributed by atoms with E-state index in [1.807, 2.05) is 73.4 Å². The van der Waals surface area contributed by atoms with Crippen molar-refractivity contribution in [1.82, 2.24) is 14.7 Å². The minimum atomic E-state index is -1.31. The maximum absolute atomic E-state index is 14.5. The van der Waals surface area contributed by atoms with Crippen molar-refractivity contribution in [3.8, 4) is 0 Å². The Hall–Kier alpha value is -2.97. The predicted octanol–water partition coefficient (Wildman–Crippen LogP) is 2.18.